The zero-order valence-corrected chi connectivity index (χ0v) is 20.7. The molecule has 2 aliphatic heterocycles. The van der Waals surface area contributed by atoms with E-state index in [4.69, 9.17) is 9.26 Å². The molecule has 4 heterocycles. The van der Waals surface area contributed by atoms with E-state index in [1.807, 2.05) is 12.1 Å². The molecule has 0 radical (unpaired) electrons. The highest BCUT2D eigenvalue weighted by molar-refractivity contribution is 5.48. The van der Waals surface area contributed by atoms with Crippen molar-refractivity contribution in [2.75, 3.05) is 36.9 Å². The van der Waals surface area contributed by atoms with Crippen LogP contribution in [0.25, 0.3) is 0 Å². The second-order valence-electron chi connectivity index (χ2n) is 9.64. The van der Waals surface area contributed by atoms with Crippen LogP contribution in [0.3, 0.4) is 0 Å². The minimum Gasteiger partial charge on any atom is -0.476 e. The molecule has 0 aromatic carbocycles. The molecule has 1 atom stereocenters. The molecule has 0 aliphatic carbocycles. The zero-order valence-electron chi connectivity index (χ0n) is 20.7. The molecule has 10 heteroatoms. The lowest BCUT2D eigenvalue weighted by Crippen LogP contribution is -2.36. The highest BCUT2D eigenvalue weighted by atomic mass is 16.5. The molecule has 2 aromatic heterocycles. The van der Waals surface area contributed by atoms with Gasteiger partial charge >= 0.3 is 0 Å². The third kappa shape index (κ3) is 6.83. The normalized spacial score (nSPS) is 18.8. The van der Waals surface area contributed by atoms with Crippen molar-refractivity contribution in [3.63, 3.8) is 0 Å². The number of nitrogens with one attached hydrogen (secondary N) is 4. The summed E-state index contributed by atoms with van der Waals surface area (Å²) >= 11 is 0. The van der Waals surface area contributed by atoms with Gasteiger partial charge in [-0.1, -0.05) is 39.3 Å². The van der Waals surface area contributed by atoms with Crippen LogP contribution in [0.15, 0.2) is 28.6 Å². The molecule has 34 heavy (non-hydrogen) atoms. The van der Waals surface area contributed by atoms with Crippen molar-refractivity contribution >= 4 is 11.8 Å². The van der Waals surface area contributed by atoms with Crippen molar-refractivity contribution in [1.29, 1.82) is 0 Å². The Hall–Kier alpha value is -2.85. The van der Waals surface area contributed by atoms with Crippen LogP contribution in [0.4, 0.5) is 11.8 Å². The predicted molar refractivity (Wildman–Crippen MR) is 132 cm³/mol. The van der Waals surface area contributed by atoms with Gasteiger partial charge in [0, 0.05) is 18.7 Å². The standard InChI is InChI=1S/C24H38N8O2/c1-16(2)19-13-22(30-29-19)26-21-14-23(33-11-10-32-8-6-5-7-9-32)28-24(27-21)25-15-18-12-20(17(3)4)31-34-18/h12-14,16-17,19,29-30H,5-11,15H2,1-4H3,(H2,25,26,27,28). The Kier molecular flexibility index (Phi) is 8.23. The van der Waals surface area contributed by atoms with Gasteiger partial charge in [-0.25, -0.2) is 5.43 Å². The number of nitrogens with zero attached hydrogens (tertiary/aromatic N) is 4. The summed E-state index contributed by atoms with van der Waals surface area (Å²) < 4.78 is 11.5. The van der Waals surface area contributed by atoms with Crippen LogP contribution >= 0.6 is 0 Å². The monoisotopic (exact) mass is 470 g/mol. The first-order valence-corrected chi connectivity index (χ1v) is 12.4. The van der Waals surface area contributed by atoms with Crippen LogP contribution in [-0.4, -0.2) is 52.3 Å². The molecular formula is C24H38N8O2. The van der Waals surface area contributed by atoms with Gasteiger partial charge < -0.3 is 25.3 Å². The van der Waals surface area contributed by atoms with E-state index in [2.05, 4.69) is 75.3 Å². The van der Waals surface area contributed by atoms with E-state index in [9.17, 15) is 0 Å². The van der Waals surface area contributed by atoms with Crippen LogP contribution < -0.4 is 26.2 Å². The van der Waals surface area contributed by atoms with Crippen LogP contribution in [0.2, 0.25) is 0 Å². The van der Waals surface area contributed by atoms with Gasteiger partial charge in [0.05, 0.1) is 18.3 Å². The number of piperidine rings is 1. The van der Waals surface area contributed by atoms with Gasteiger partial charge in [-0.3, -0.25) is 4.90 Å². The summed E-state index contributed by atoms with van der Waals surface area (Å²) in [6.07, 6.45) is 5.99. The fourth-order valence-electron chi connectivity index (χ4n) is 3.95. The number of ether oxygens (including phenoxy) is 1. The van der Waals surface area contributed by atoms with Crippen LogP contribution in [0.5, 0.6) is 5.88 Å². The molecule has 2 aliphatic rings. The predicted octanol–water partition coefficient (Wildman–Crippen LogP) is 3.45. The summed E-state index contributed by atoms with van der Waals surface area (Å²) in [6, 6.07) is 4.04. The Balaban J connectivity index is 1.42. The minimum absolute atomic E-state index is 0.254. The van der Waals surface area contributed by atoms with E-state index in [1.54, 1.807) is 0 Å². The third-order valence-electron chi connectivity index (χ3n) is 6.10. The highest BCUT2D eigenvalue weighted by Gasteiger charge is 2.19. The maximum Gasteiger partial charge on any atom is 0.228 e. The number of hydrazine groups is 1. The summed E-state index contributed by atoms with van der Waals surface area (Å²) in [6.45, 7) is 12.7. The van der Waals surface area contributed by atoms with Gasteiger partial charge in [-0.2, -0.15) is 9.97 Å². The van der Waals surface area contributed by atoms with Gasteiger partial charge in [-0.05, 0) is 43.8 Å². The van der Waals surface area contributed by atoms with E-state index in [1.165, 1.54) is 19.3 Å². The zero-order chi connectivity index (χ0) is 23.9. The second kappa shape index (κ2) is 11.5. The molecule has 4 N–H and O–H groups in total. The van der Waals surface area contributed by atoms with E-state index in [0.717, 1.165) is 36.9 Å². The van der Waals surface area contributed by atoms with E-state index >= 15 is 0 Å². The largest absolute Gasteiger partial charge is 0.476 e. The summed E-state index contributed by atoms with van der Waals surface area (Å²) in [5.74, 6) is 4.03. The van der Waals surface area contributed by atoms with E-state index < -0.39 is 0 Å². The molecule has 10 nitrogen and oxygen atoms in total. The Bertz CT molecular complexity index is 952. The fraction of sp³-hybridized carbons (Fsp3) is 0.625. The molecule has 1 saturated heterocycles. The summed E-state index contributed by atoms with van der Waals surface area (Å²) in [5, 5.41) is 10.7. The topological polar surface area (TPSA) is 112 Å². The molecule has 2 aromatic rings. The lowest BCUT2D eigenvalue weighted by molar-refractivity contribution is 0.180. The first kappa shape index (κ1) is 24.3. The Morgan fingerprint density at radius 1 is 1.15 bits per heavy atom. The van der Waals surface area contributed by atoms with Crippen molar-refractivity contribution in [3.8, 4) is 5.88 Å². The molecule has 0 saturated carbocycles. The van der Waals surface area contributed by atoms with Crippen molar-refractivity contribution in [3.05, 3.63) is 35.5 Å². The van der Waals surface area contributed by atoms with Crippen LogP contribution in [0.1, 0.15) is 64.3 Å². The van der Waals surface area contributed by atoms with Crippen LogP contribution in [0, 0.1) is 5.92 Å². The van der Waals surface area contributed by atoms with Gasteiger partial charge in [0.15, 0.2) is 5.76 Å². The molecule has 4 rings (SSSR count). The van der Waals surface area contributed by atoms with Crippen molar-refractivity contribution < 1.29 is 9.26 Å². The summed E-state index contributed by atoms with van der Waals surface area (Å²) in [4.78, 5) is 11.6. The second-order valence-corrected chi connectivity index (χ2v) is 9.64. The molecule has 0 bridgehead atoms. The Labute approximate surface area is 201 Å². The lowest BCUT2D eigenvalue weighted by Gasteiger charge is -2.26. The lowest BCUT2D eigenvalue weighted by atomic mass is 10.1. The molecule has 0 amide bonds. The number of hydrogen-bond donors (Lipinski definition) is 4. The highest BCUT2D eigenvalue weighted by Crippen LogP contribution is 2.20. The van der Waals surface area contributed by atoms with Gasteiger partial charge in [0.2, 0.25) is 11.8 Å². The fourth-order valence-corrected chi connectivity index (χ4v) is 3.95. The first-order chi connectivity index (χ1) is 16.5. The average molecular weight is 471 g/mol. The minimum atomic E-state index is 0.254. The number of anilines is 2. The van der Waals surface area contributed by atoms with Crippen molar-refractivity contribution in [2.24, 2.45) is 5.92 Å². The van der Waals surface area contributed by atoms with E-state index in [-0.39, 0.29) is 6.04 Å². The molecule has 0 spiro atoms. The molecule has 1 unspecified atom stereocenters. The van der Waals surface area contributed by atoms with Crippen molar-refractivity contribution in [1.82, 2.24) is 30.9 Å². The molecule has 1 fully saturated rings. The Morgan fingerprint density at radius 3 is 2.68 bits per heavy atom. The van der Waals surface area contributed by atoms with Crippen molar-refractivity contribution in [2.45, 2.75) is 65.5 Å². The Morgan fingerprint density at radius 2 is 1.97 bits per heavy atom. The number of hydrogen-bond acceptors (Lipinski definition) is 10. The third-order valence-corrected chi connectivity index (χ3v) is 6.10. The van der Waals surface area contributed by atoms with Gasteiger partial charge in [0.1, 0.15) is 18.2 Å². The summed E-state index contributed by atoms with van der Waals surface area (Å²) in [5.41, 5.74) is 7.38. The van der Waals surface area contributed by atoms with Gasteiger partial charge in [-0.15, -0.1) is 0 Å². The van der Waals surface area contributed by atoms with Gasteiger partial charge in [0.25, 0.3) is 0 Å². The number of aromatic nitrogens is 3. The smallest absolute Gasteiger partial charge is 0.228 e. The SMILES string of the molecule is CC(C)c1cc(CNc2nc(NC3=CC(C(C)C)NN3)cc(OCCN3CCCCC3)n2)on1. The van der Waals surface area contributed by atoms with Crippen LogP contribution in [-0.2, 0) is 6.54 Å². The number of rotatable bonds is 11. The summed E-state index contributed by atoms with van der Waals surface area (Å²) in [7, 11) is 0. The molecular weight excluding hydrogens is 432 g/mol. The van der Waals surface area contributed by atoms with E-state index in [0.29, 0.717) is 42.6 Å². The molecule has 186 valence electrons. The first-order valence-electron chi connectivity index (χ1n) is 12.4. The number of likely N-dealkylation sites (tertiary alicyclic amines) is 1. The maximum absolute atomic E-state index is 6.04. The average Bonchev–Trinajstić information content (AvgIpc) is 3.48. The quantitative estimate of drug-likeness (QED) is 0.389. The maximum atomic E-state index is 6.04.